The summed E-state index contributed by atoms with van der Waals surface area (Å²) in [6.07, 6.45) is 7.35. The highest BCUT2D eigenvalue weighted by molar-refractivity contribution is 7.99. The molecule has 4 heterocycles. The molecule has 3 aromatic rings. The van der Waals surface area contributed by atoms with E-state index in [1.807, 2.05) is 18.3 Å². The normalized spacial score (nSPS) is 20.2. The Balaban J connectivity index is 1.25. The van der Waals surface area contributed by atoms with Crippen molar-refractivity contribution in [1.29, 1.82) is 0 Å². The second kappa shape index (κ2) is 7.11. The van der Waals surface area contributed by atoms with Crippen molar-refractivity contribution in [3.05, 3.63) is 59.9 Å². The number of aromatic nitrogens is 4. The van der Waals surface area contributed by atoms with Gasteiger partial charge in [0.1, 0.15) is 16.7 Å². The highest BCUT2D eigenvalue weighted by Crippen LogP contribution is 2.47. The van der Waals surface area contributed by atoms with Crippen molar-refractivity contribution in [2.45, 2.75) is 42.3 Å². The Bertz CT molecular complexity index is 1030. The first-order valence-corrected chi connectivity index (χ1v) is 10.6. The van der Waals surface area contributed by atoms with E-state index in [-0.39, 0.29) is 17.3 Å². The molecule has 150 valence electrons. The van der Waals surface area contributed by atoms with Gasteiger partial charge in [-0.1, -0.05) is 23.9 Å². The zero-order chi connectivity index (χ0) is 20.0. The van der Waals surface area contributed by atoms with E-state index >= 15 is 0 Å². The zero-order valence-electron chi connectivity index (χ0n) is 16.3. The fourth-order valence-corrected chi connectivity index (χ4v) is 5.27. The molecule has 0 unspecified atom stereocenters. The Kier molecular flexibility index (Phi) is 4.55. The van der Waals surface area contributed by atoms with E-state index in [1.54, 1.807) is 31.5 Å². The number of piperidine rings is 1. The number of nitrogens with zero attached hydrogens (tertiary/aromatic N) is 5. The van der Waals surface area contributed by atoms with E-state index in [9.17, 15) is 4.39 Å². The second-order valence-electron chi connectivity index (χ2n) is 7.94. The monoisotopic (exact) mass is 410 g/mol. The number of fused-ring (bicyclic) bond motifs is 1. The van der Waals surface area contributed by atoms with Gasteiger partial charge in [-0.05, 0) is 37.5 Å². The van der Waals surface area contributed by atoms with Crippen molar-refractivity contribution in [1.82, 2.24) is 19.7 Å². The minimum Gasteiger partial charge on any atom is -0.355 e. The number of nitrogens with two attached hydrogens (primary N) is 1. The SMILES string of the molecule is Cc1cccc(Sc2cnc(N3CCC4(CC3)Cn3nccc3[C@H]4N)cn2)c1F. The van der Waals surface area contributed by atoms with E-state index in [1.165, 1.54) is 11.8 Å². The molecular weight excluding hydrogens is 387 g/mol. The van der Waals surface area contributed by atoms with Crippen LogP contribution >= 0.6 is 11.8 Å². The first-order valence-electron chi connectivity index (χ1n) is 9.83. The van der Waals surface area contributed by atoms with E-state index in [0.717, 1.165) is 44.0 Å². The number of halogens is 1. The minimum absolute atomic E-state index is 0.0428. The topological polar surface area (TPSA) is 72.9 Å². The molecule has 1 saturated heterocycles. The van der Waals surface area contributed by atoms with E-state index < -0.39 is 0 Å². The molecule has 2 aromatic heterocycles. The number of anilines is 1. The van der Waals surface area contributed by atoms with Crippen LogP contribution in [-0.2, 0) is 6.54 Å². The average molecular weight is 411 g/mol. The van der Waals surface area contributed by atoms with Gasteiger partial charge >= 0.3 is 0 Å². The molecule has 1 aromatic carbocycles. The summed E-state index contributed by atoms with van der Waals surface area (Å²) in [7, 11) is 0. The quantitative estimate of drug-likeness (QED) is 0.712. The lowest BCUT2D eigenvalue weighted by molar-refractivity contribution is 0.170. The highest BCUT2D eigenvalue weighted by atomic mass is 32.2. The van der Waals surface area contributed by atoms with Crippen molar-refractivity contribution < 1.29 is 4.39 Å². The maximum atomic E-state index is 14.2. The fourth-order valence-electron chi connectivity index (χ4n) is 4.44. The van der Waals surface area contributed by atoms with Gasteiger partial charge in [-0.2, -0.15) is 5.10 Å². The van der Waals surface area contributed by atoms with Crippen molar-refractivity contribution in [3.8, 4) is 0 Å². The summed E-state index contributed by atoms with van der Waals surface area (Å²) in [5.74, 6) is 0.663. The molecule has 2 aliphatic heterocycles. The van der Waals surface area contributed by atoms with Crippen molar-refractivity contribution in [2.24, 2.45) is 11.1 Å². The van der Waals surface area contributed by atoms with Gasteiger partial charge in [0, 0.05) is 36.1 Å². The number of benzene rings is 1. The molecule has 0 bridgehead atoms. The molecule has 0 aliphatic carbocycles. The molecule has 0 amide bonds. The lowest BCUT2D eigenvalue weighted by Crippen LogP contribution is -2.45. The number of hydrogen-bond donors (Lipinski definition) is 1. The molecule has 1 spiro atoms. The summed E-state index contributed by atoms with van der Waals surface area (Å²) in [5.41, 5.74) is 8.42. The summed E-state index contributed by atoms with van der Waals surface area (Å²) in [6, 6.07) is 7.46. The Labute approximate surface area is 173 Å². The maximum Gasteiger partial charge on any atom is 0.147 e. The number of aryl methyl sites for hydroxylation is 1. The second-order valence-corrected chi connectivity index (χ2v) is 9.00. The van der Waals surface area contributed by atoms with Crippen molar-refractivity contribution in [2.75, 3.05) is 18.0 Å². The van der Waals surface area contributed by atoms with Crippen LogP contribution in [0.4, 0.5) is 10.2 Å². The third-order valence-electron chi connectivity index (χ3n) is 6.26. The fraction of sp³-hybridized carbons (Fsp3) is 0.381. The summed E-state index contributed by atoms with van der Waals surface area (Å²) in [4.78, 5) is 11.9. The first kappa shape index (κ1) is 18.6. The van der Waals surface area contributed by atoms with Gasteiger partial charge in [-0.15, -0.1) is 0 Å². The van der Waals surface area contributed by atoms with Gasteiger partial charge < -0.3 is 10.6 Å². The van der Waals surface area contributed by atoms with E-state index in [2.05, 4.69) is 24.6 Å². The Morgan fingerprint density at radius 3 is 2.72 bits per heavy atom. The van der Waals surface area contributed by atoms with Gasteiger partial charge in [0.05, 0.1) is 24.1 Å². The standard InChI is InChI=1S/C21H23FN6S/c1-14-3-2-4-16(19(14)22)29-18-12-24-17(11-25-18)27-9-6-21(7-10-27)13-28-15(20(21)23)5-8-26-28/h2-5,8,11-12,20H,6-7,9-10,13,23H2,1H3/t20-/m1/s1. The summed E-state index contributed by atoms with van der Waals surface area (Å²) in [6.45, 7) is 4.45. The Morgan fingerprint density at radius 2 is 2.00 bits per heavy atom. The average Bonchev–Trinajstić information content (AvgIpc) is 3.28. The Hall–Kier alpha value is -2.45. The molecule has 29 heavy (non-hydrogen) atoms. The lowest BCUT2D eigenvalue weighted by atomic mass is 9.73. The minimum atomic E-state index is -0.197. The van der Waals surface area contributed by atoms with Crippen LogP contribution in [0.1, 0.15) is 30.1 Å². The predicted molar refractivity (Wildman–Crippen MR) is 110 cm³/mol. The summed E-state index contributed by atoms with van der Waals surface area (Å²) >= 11 is 1.30. The van der Waals surface area contributed by atoms with Gasteiger partial charge in [0.2, 0.25) is 0 Å². The van der Waals surface area contributed by atoms with Crippen LogP contribution in [0.25, 0.3) is 0 Å². The van der Waals surface area contributed by atoms with E-state index in [4.69, 9.17) is 5.73 Å². The first-order chi connectivity index (χ1) is 14.1. The molecule has 2 N–H and O–H groups in total. The number of rotatable bonds is 3. The highest BCUT2D eigenvalue weighted by Gasteiger charge is 2.46. The van der Waals surface area contributed by atoms with Gasteiger partial charge in [-0.3, -0.25) is 4.68 Å². The van der Waals surface area contributed by atoms with Crippen LogP contribution in [-0.4, -0.2) is 32.8 Å². The molecule has 0 saturated carbocycles. The number of hydrogen-bond acceptors (Lipinski definition) is 6. The summed E-state index contributed by atoms with van der Waals surface area (Å²) < 4.78 is 16.3. The third-order valence-corrected chi connectivity index (χ3v) is 7.22. The van der Waals surface area contributed by atoms with E-state index in [0.29, 0.717) is 15.5 Å². The van der Waals surface area contributed by atoms with Crippen LogP contribution in [0.15, 0.2) is 52.8 Å². The van der Waals surface area contributed by atoms with Gasteiger partial charge in [0.25, 0.3) is 0 Å². The van der Waals surface area contributed by atoms with Crippen molar-refractivity contribution in [3.63, 3.8) is 0 Å². The molecule has 5 rings (SSSR count). The lowest BCUT2D eigenvalue weighted by Gasteiger charge is -2.41. The molecule has 6 nitrogen and oxygen atoms in total. The van der Waals surface area contributed by atoms with Gasteiger partial charge in [0.15, 0.2) is 0 Å². The largest absolute Gasteiger partial charge is 0.355 e. The van der Waals surface area contributed by atoms with Crippen LogP contribution < -0.4 is 10.6 Å². The maximum absolute atomic E-state index is 14.2. The molecule has 1 atom stereocenters. The summed E-state index contributed by atoms with van der Waals surface area (Å²) in [5, 5.41) is 5.09. The molecule has 0 radical (unpaired) electrons. The predicted octanol–water partition coefficient (Wildman–Crippen LogP) is 3.57. The molecule has 2 aliphatic rings. The molecular formula is C21H23FN6S. The van der Waals surface area contributed by atoms with Crippen LogP contribution in [0.3, 0.4) is 0 Å². The van der Waals surface area contributed by atoms with Crippen molar-refractivity contribution >= 4 is 17.6 Å². The zero-order valence-corrected chi connectivity index (χ0v) is 17.1. The van der Waals surface area contributed by atoms with Crippen LogP contribution in [0.2, 0.25) is 0 Å². The molecule has 1 fully saturated rings. The molecule has 8 heteroatoms. The Morgan fingerprint density at radius 1 is 1.17 bits per heavy atom. The smallest absolute Gasteiger partial charge is 0.147 e. The van der Waals surface area contributed by atoms with Crippen LogP contribution in [0.5, 0.6) is 0 Å². The third kappa shape index (κ3) is 3.20. The van der Waals surface area contributed by atoms with Crippen LogP contribution in [0, 0.1) is 18.2 Å². The van der Waals surface area contributed by atoms with Gasteiger partial charge in [-0.25, -0.2) is 14.4 Å².